The van der Waals surface area contributed by atoms with Gasteiger partial charge in [-0.2, -0.15) is 28.8 Å². The van der Waals surface area contributed by atoms with E-state index in [0.29, 0.717) is 11.4 Å². The van der Waals surface area contributed by atoms with Gasteiger partial charge >= 0.3 is 0 Å². The number of hydrogen-bond acceptors (Lipinski definition) is 7. The van der Waals surface area contributed by atoms with Gasteiger partial charge in [-0.15, -0.1) is 0 Å². The Bertz CT molecular complexity index is 1320. The number of phenols is 1. The van der Waals surface area contributed by atoms with E-state index in [-0.39, 0.29) is 16.5 Å². The van der Waals surface area contributed by atoms with Gasteiger partial charge in [-0.05, 0) is 19.1 Å². The number of fused-ring (bicyclic) bond motifs is 1. The standard InChI is InChI=1S/C20H16N4O5S/c1-12-18(20(26)24(23-12)13-7-3-2-4-8-13)21-22-19-15-10-6-5-9-14(15)17(11-16(19)25)30(27,28)29/h2-11,18,25H,1H3,(H,27,28,29)/t18-/m1/s1. The van der Waals surface area contributed by atoms with Crippen LogP contribution in [-0.2, 0) is 14.9 Å². The van der Waals surface area contributed by atoms with Crippen molar-refractivity contribution in [1.29, 1.82) is 0 Å². The Morgan fingerprint density at radius 3 is 2.33 bits per heavy atom. The minimum Gasteiger partial charge on any atom is -0.506 e. The molecule has 9 nitrogen and oxygen atoms in total. The number of azo groups is 1. The lowest BCUT2D eigenvalue weighted by molar-refractivity contribution is -0.117. The van der Waals surface area contributed by atoms with E-state index in [1.807, 2.05) is 6.07 Å². The predicted molar refractivity (Wildman–Crippen MR) is 111 cm³/mol. The number of benzene rings is 3. The first-order valence-corrected chi connectivity index (χ1v) is 10.3. The largest absolute Gasteiger partial charge is 0.506 e. The number of anilines is 1. The van der Waals surface area contributed by atoms with Crippen molar-refractivity contribution in [3.8, 4) is 5.75 Å². The number of phenolic OH excluding ortho intramolecular Hbond substituents is 1. The van der Waals surface area contributed by atoms with Crippen molar-refractivity contribution in [2.75, 3.05) is 5.01 Å². The van der Waals surface area contributed by atoms with Crippen LogP contribution in [0.1, 0.15) is 6.92 Å². The number of nitrogens with zero attached hydrogens (tertiary/aromatic N) is 4. The van der Waals surface area contributed by atoms with Crippen molar-refractivity contribution < 1.29 is 22.9 Å². The van der Waals surface area contributed by atoms with Gasteiger partial charge in [0.1, 0.15) is 16.3 Å². The summed E-state index contributed by atoms with van der Waals surface area (Å²) in [7, 11) is -4.57. The van der Waals surface area contributed by atoms with E-state index >= 15 is 0 Å². The molecule has 0 spiro atoms. The van der Waals surface area contributed by atoms with Crippen LogP contribution in [0.25, 0.3) is 10.8 Å². The molecule has 1 aliphatic heterocycles. The second-order valence-corrected chi connectivity index (χ2v) is 8.00. The van der Waals surface area contributed by atoms with Crippen LogP contribution in [0.2, 0.25) is 0 Å². The Morgan fingerprint density at radius 1 is 1.03 bits per heavy atom. The van der Waals surface area contributed by atoms with Crippen LogP contribution in [0.3, 0.4) is 0 Å². The monoisotopic (exact) mass is 424 g/mol. The van der Waals surface area contributed by atoms with Gasteiger partial charge in [0, 0.05) is 16.8 Å². The molecule has 0 aliphatic carbocycles. The van der Waals surface area contributed by atoms with Crippen LogP contribution in [0.4, 0.5) is 11.4 Å². The molecule has 1 amide bonds. The van der Waals surface area contributed by atoms with E-state index < -0.39 is 32.7 Å². The predicted octanol–water partition coefficient (Wildman–Crippen LogP) is 3.67. The molecule has 4 rings (SSSR count). The second-order valence-electron chi connectivity index (χ2n) is 6.61. The smallest absolute Gasteiger partial charge is 0.295 e. The molecule has 0 saturated carbocycles. The molecule has 30 heavy (non-hydrogen) atoms. The van der Waals surface area contributed by atoms with E-state index in [0.717, 1.165) is 6.07 Å². The van der Waals surface area contributed by atoms with Crippen molar-refractivity contribution in [1.82, 2.24) is 0 Å². The van der Waals surface area contributed by atoms with E-state index in [1.54, 1.807) is 43.3 Å². The molecule has 0 aromatic heterocycles. The van der Waals surface area contributed by atoms with E-state index in [4.69, 9.17) is 0 Å². The van der Waals surface area contributed by atoms with Crippen molar-refractivity contribution in [2.45, 2.75) is 17.9 Å². The fourth-order valence-electron chi connectivity index (χ4n) is 3.19. The molecule has 1 heterocycles. The van der Waals surface area contributed by atoms with E-state index in [2.05, 4.69) is 15.3 Å². The molecule has 152 valence electrons. The highest BCUT2D eigenvalue weighted by Crippen LogP contribution is 2.39. The highest BCUT2D eigenvalue weighted by atomic mass is 32.2. The molecular formula is C20H16N4O5S. The van der Waals surface area contributed by atoms with Gasteiger partial charge in [-0.3, -0.25) is 9.35 Å². The number of amides is 1. The molecule has 0 unspecified atom stereocenters. The summed E-state index contributed by atoms with van der Waals surface area (Å²) in [4.78, 5) is 12.3. The Balaban J connectivity index is 1.74. The molecule has 0 bridgehead atoms. The highest BCUT2D eigenvalue weighted by Gasteiger charge is 2.34. The maximum absolute atomic E-state index is 12.8. The number of para-hydroxylation sites is 1. The number of hydrazone groups is 1. The Hall–Kier alpha value is -3.63. The zero-order valence-electron chi connectivity index (χ0n) is 15.7. The maximum Gasteiger partial charge on any atom is 0.295 e. The van der Waals surface area contributed by atoms with Gasteiger partial charge in [0.25, 0.3) is 16.0 Å². The third-order valence-corrected chi connectivity index (χ3v) is 5.50. The molecule has 1 atom stereocenters. The van der Waals surface area contributed by atoms with Gasteiger partial charge in [-0.1, -0.05) is 42.5 Å². The first kappa shape index (κ1) is 19.7. The number of carbonyl (C=O) groups is 1. The second kappa shape index (κ2) is 7.32. The molecule has 0 radical (unpaired) electrons. The highest BCUT2D eigenvalue weighted by molar-refractivity contribution is 7.86. The normalized spacial score (nSPS) is 17.1. The van der Waals surface area contributed by atoms with Crippen molar-refractivity contribution >= 4 is 43.9 Å². The fourth-order valence-corrected chi connectivity index (χ4v) is 3.91. The summed E-state index contributed by atoms with van der Waals surface area (Å²) < 4.78 is 32.8. The molecule has 0 saturated heterocycles. The summed E-state index contributed by atoms with van der Waals surface area (Å²) >= 11 is 0. The number of aromatic hydroxyl groups is 1. The average Bonchev–Trinajstić information content (AvgIpc) is 3.00. The molecule has 0 fully saturated rings. The van der Waals surface area contributed by atoms with Crippen molar-refractivity contribution in [3.05, 3.63) is 60.7 Å². The number of rotatable bonds is 4. The lowest BCUT2D eigenvalue weighted by Gasteiger charge is -2.12. The van der Waals surface area contributed by atoms with Crippen molar-refractivity contribution in [2.24, 2.45) is 15.3 Å². The van der Waals surface area contributed by atoms with Gasteiger partial charge in [-0.25, -0.2) is 0 Å². The lowest BCUT2D eigenvalue weighted by Crippen LogP contribution is -2.29. The summed E-state index contributed by atoms with van der Waals surface area (Å²) in [5.41, 5.74) is 0.994. The third-order valence-electron chi connectivity index (χ3n) is 4.61. The Labute approximate surface area is 171 Å². The Morgan fingerprint density at radius 2 is 1.67 bits per heavy atom. The van der Waals surface area contributed by atoms with Gasteiger partial charge in [0.15, 0.2) is 6.04 Å². The lowest BCUT2D eigenvalue weighted by atomic mass is 10.1. The van der Waals surface area contributed by atoms with Crippen molar-refractivity contribution in [3.63, 3.8) is 0 Å². The zero-order valence-corrected chi connectivity index (χ0v) is 16.5. The average molecular weight is 424 g/mol. The minimum absolute atomic E-state index is 0.0169. The molecule has 3 aromatic carbocycles. The van der Waals surface area contributed by atoms with Gasteiger partial charge in [0.05, 0.1) is 11.4 Å². The van der Waals surface area contributed by atoms with Gasteiger partial charge < -0.3 is 5.11 Å². The van der Waals surface area contributed by atoms with Crippen LogP contribution in [0.15, 0.2) is 80.9 Å². The summed E-state index contributed by atoms with van der Waals surface area (Å²) in [5.74, 6) is -0.897. The molecule has 10 heteroatoms. The third kappa shape index (κ3) is 3.42. The van der Waals surface area contributed by atoms with Crippen LogP contribution in [0, 0.1) is 0 Å². The minimum atomic E-state index is -4.57. The Kier molecular flexibility index (Phi) is 4.80. The molecule has 2 N–H and O–H groups in total. The van der Waals surface area contributed by atoms with Gasteiger partial charge in [0.2, 0.25) is 0 Å². The van der Waals surface area contributed by atoms with E-state index in [9.17, 15) is 22.9 Å². The summed E-state index contributed by atoms with van der Waals surface area (Å²) in [6, 6.07) is 15.0. The van der Waals surface area contributed by atoms with Crippen LogP contribution >= 0.6 is 0 Å². The first-order valence-electron chi connectivity index (χ1n) is 8.84. The topological polar surface area (TPSA) is 132 Å². The summed E-state index contributed by atoms with van der Waals surface area (Å²) in [5, 5.41) is 24.3. The molecule has 1 aliphatic rings. The first-order chi connectivity index (χ1) is 14.3. The zero-order chi connectivity index (χ0) is 21.5. The molecule has 3 aromatic rings. The SMILES string of the molecule is CC1=NN(c2ccccc2)C(=O)[C@@H]1N=Nc1c(O)cc(S(=O)(=O)O)c2ccccc12. The van der Waals surface area contributed by atoms with Crippen LogP contribution in [0.5, 0.6) is 5.75 Å². The number of carbonyl (C=O) groups excluding carboxylic acids is 1. The van der Waals surface area contributed by atoms with Crippen LogP contribution in [-0.4, -0.2) is 35.7 Å². The summed E-state index contributed by atoms with van der Waals surface area (Å²) in [6.07, 6.45) is 0. The summed E-state index contributed by atoms with van der Waals surface area (Å²) in [6.45, 7) is 1.64. The maximum atomic E-state index is 12.8. The van der Waals surface area contributed by atoms with Crippen LogP contribution < -0.4 is 5.01 Å². The molecular weight excluding hydrogens is 408 g/mol. The fraction of sp³-hybridized carbons (Fsp3) is 0.100. The quantitative estimate of drug-likeness (QED) is 0.487. The van der Waals surface area contributed by atoms with E-state index in [1.165, 1.54) is 17.1 Å². The number of hydrogen-bond donors (Lipinski definition) is 2.